The van der Waals surface area contributed by atoms with Crippen molar-refractivity contribution in [2.75, 3.05) is 5.75 Å². The molecule has 2 amide bonds. The molecule has 7 nitrogen and oxygen atoms in total. The van der Waals surface area contributed by atoms with E-state index in [0.717, 1.165) is 11.3 Å². The van der Waals surface area contributed by atoms with Gasteiger partial charge in [0.05, 0.1) is 0 Å². The highest BCUT2D eigenvalue weighted by Gasteiger charge is 2.51. The maximum absolute atomic E-state index is 12.2. The third-order valence-electron chi connectivity index (χ3n) is 3.73. The van der Waals surface area contributed by atoms with Gasteiger partial charge in [-0.1, -0.05) is 19.6 Å². The molecular formula is C14H17N3O4S. The molecule has 0 aliphatic carbocycles. The normalized spacial score (nSPS) is 25.0. The molecule has 8 heteroatoms. The van der Waals surface area contributed by atoms with E-state index in [9.17, 15) is 19.6 Å². The first-order valence-corrected chi connectivity index (χ1v) is 7.84. The number of nitrogens with one attached hydrogen (secondary N) is 1. The molecule has 0 aromatic heterocycles. The number of aliphatic hydroxyl groups is 1. The fourth-order valence-corrected chi connectivity index (χ4v) is 3.83. The van der Waals surface area contributed by atoms with Gasteiger partial charge in [0.2, 0.25) is 5.70 Å². The Bertz CT molecular complexity index is 611. The molecule has 1 fully saturated rings. The number of aliphatic hydroxyl groups excluding tert-OH is 1. The molecule has 2 unspecified atom stereocenters. The zero-order valence-electron chi connectivity index (χ0n) is 12.3. The third-order valence-corrected chi connectivity index (χ3v) is 5.03. The van der Waals surface area contributed by atoms with Crippen molar-refractivity contribution >= 4 is 23.6 Å². The van der Waals surface area contributed by atoms with Crippen LogP contribution in [0, 0.1) is 4.91 Å². The maximum atomic E-state index is 12.2. The van der Waals surface area contributed by atoms with Crippen LogP contribution in [0.3, 0.4) is 0 Å². The molecule has 118 valence electrons. The monoisotopic (exact) mass is 323 g/mol. The summed E-state index contributed by atoms with van der Waals surface area (Å²) in [7, 11) is 0. The van der Waals surface area contributed by atoms with Crippen molar-refractivity contribution in [1.82, 2.24) is 10.2 Å². The minimum atomic E-state index is -0.830. The van der Waals surface area contributed by atoms with E-state index in [-0.39, 0.29) is 17.7 Å². The average Bonchev–Trinajstić information content (AvgIpc) is 2.52. The number of carbonyl (C=O) groups is 2. The van der Waals surface area contributed by atoms with Gasteiger partial charge in [-0.05, 0) is 17.7 Å². The van der Waals surface area contributed by atoms with E-state index < -0.39 is 23.4 Å². The Kier molecular flexibility index (Phi) is 4.70. The second kappa shape index (κ2) is 6.35. The summed E-state index contributed by atoms with van der Waals surface area (Å²) in [5.41, 5.74) is 1.24. The minimum Gasteiger partial charge on any atom is -0.510 e. The van der Waals surface area contributed by atoms with Crippen LogP contribution in [-0.2, 0) is 9.59 Å². The molecule has 0 aromatic rings. The SMILES string of the molecule is C=CC1=C(C)N2C(=O)C(NC(=O)/C(N=O)=C(\O)CC)C2SC1. The Hall–Kier alpha value is -2.09. The van der Waals surface area contributed by atoms with Crippen LogP contribution in [0.25, 0.3) is 0 Å². The highest BCUT2D eigenvalue weighted by atomic mass is 32.2. The lowest BCUT2D eigenvalue weighted by Gasteiger charge is -2.49. The predicted octanol–water partition coefficient (Wildman–Crippen LogP) is 1.79. The van der Waals surface area contributed by atoms with Gasteiger partial charge < -0.3 is 10.4 Å². The van der Waals surface area contributed by atoms with Gasteiger partial charge in [-0.15, -0.1) is 16.7 Å². The quantitative estimate of drug-likeness (QED) is 0.348. The first-order chi connectivity index (χ1) is 10.5. The van der Waals surface area contributed by atoms with Crippen LogP contribution in [0.4, 0.5) is 0 Å². The van der Waals surface area contributed by atoms with Gasteiger partial charge >= 0.3 is 0 Å². The fraction of sp³-hybridized carbons (Fsp3) is 0.429. The first kappa shape index (κ1) is 16.3. The molecule has 0 bridgehead atoms. The van der Waals surface area contributed by atoms with Gasteiger partial charge in [0.15, 0.2) is 0 Å². The number of nitroso groups, excluding NO2 is 1. The van der Waals surface area contributed by atoms with Crippen LogP contribution in [0.1, 0.15) is 20.3 Å². The largest absolute Gasteiger partial charge is 0.510 e. The molecule has 0 spiro atoms. The summed E-state index contributed by atoms with van der Waals surface area (Å²) in [4.78, 5) is 36.5. The lowest BCUT2D eigenvalue weighted by Crippen LogP contribution is -2.69. The summed E-state index contributed by atoms with van der Waals surface area (Å²) >= 11 is 1.51. The van der Waals surface area contributed by atoms with Crippen LogP contribution >= 0.6 is 11.8 Å². The van der Waals surface area contributed by atoms with Crippen molar-refractivity contribution in [1.29, 1.82) is 0 Å². The van der Waals surface area contributed by atoms with Crippen molar-refractivity contribution in [3.8, 4) is 0 Å². The van der Waals surface area contributed by atoms with E-state index in [4.69, 9.17) is 0 Å². The lowest BCUT2D eigenvalue weighted by molar-refractivity contribution is -0.145. The number of nitrogens with zero attached hydrogens (tertiary/aromatic N) is 2. The Morgan fingerprint density at radius 2 is 2.32 bits per heavy atom. The second-order valence-corrected chi connectivity index (χ2v) is 6.02. The summed E-state index contributed by atoms with van der Waals surface area (Å²) < 4.78 is 0. The van der Waals surface area contributed by atoms with E-state index >= 15 is 0 Å². The topological polar surface area (TPSA) is 99.1 Å². The van der Waals surface area contributed by atoms with Crippen LogP contribution < -0.4 is 5.32 Å². The Morgan fingerprint density at radius 3 is 2.86 bits per heavy atom. The number of fused-ring (bicyclic) bond motifs is 1. The number of hydrogen-bond acceptors (Lipinski definition) is 6. The number of hydrogen-bond donors (Lipinski definition) is 2. The van der Waals surface area contributed by atoms with Gasteiger partial charge in [-0.25, -0.2) is 0 Å². The molecule has 2 aliphatic rings. The van der Waals surface area contributed by atoms with Crippen molar-refractivity contribution in [2.24, 2.45) is 5.18 Å². The molecule has 2 heterocycles. The van der Waals surface area contributed by atoms with Crippen LogP contribution in [0.5, 0.6) is 0 Å². The zero-order valence-corrected chi connectivity index (χ0v) is 13.1. The minimum absolute atomic E-state index is 0.113. The molecule has 0 aromatic carbocycles. The molecule has 1 saturated heterocycles. The summed E-state index contributed by atoms with van der Waals surface area (Å²) in [5, 5.41) is 14.3. The molecule has 2 N–H and O–H groups in total. The average molecular weight is 323 g/mol. The molecule has 2 rings (SSSR count). The Labute approximate surface area is 132 Å². The van der Waals surface area contributed by atoms with Gasteiger partial charge in [0, 0.05) is 17.9 Å². The predicted molar refractivity (Wildman–Crippen MR) is 83.7 cm³/mol. The van der Waals surface area contributed by atoms with Crippen LogP contribution in [-0.4, -0.2) is 39.0 Å². The smallest absolute Gasteiger partial charge is 0.277 e. The summed E-state index contributed by atoms with van der Waals surface area (Å²) in [6, 6.07) is -0.722. The van der Waals surface area contributed by atoms with Gasteiger partial charge in [-0.2, -0.15) is 0 Å². The highest BCUT2D eigenvalue weighted by Crippen LogP contribution is 2.40. The molecule has 2 atom stereocenters. The number of allylic oxidation sites excluding steroid dienone is 3. The number of thioether (sulfide) groups is 1. The van der Waals surface area contributed by atoms with Gasteiger partial charge in [0.25, 0.3) is 11.8 Å². The molecule has 0 saturated carbocycles. The van der Waals surface area contributed by atoms with Crippen molar-refractivity contribution < 1.29 is 14.7 Å². The Morgan fingerprint density at radius 1 is 1.64 bits per heavy atom. The second-order valence-electron chi connectivity index (χ2n) is 4.92. The fourth-order valence-electron chi connectivity index (χ4n) is 2.37. The van der Waals surface area contributed by atoms with Crippen LogP contribution in [0.2, 0.25) is 0 Å². The number of β-lactam (4-membered cyclic amide) rings is 1. The zero-order chi connectivity index (χ0) is 16.4. The number of amides is 2. The molecule has 2 aliphatic heterocycles. The summed E-state index contributed by atoms with van der Waals surface area (Å²) in [6.07, 6.45) is 1.83. The van der Waals surface area contributed by atoms with Crippen molar-refractivity contribution in [3.63, 3.8) is 0 Å². The van der Waals surface area contributed by atoms with Gasteiger partial charge in [0.1, 0.15) is 17.2 Å². The number of rotatable bonds is 5. The van der Waals surface area contributed by atoms with Crippen molar-refractivity contribution in [3.05, 3.63) is 40.3 Å². The van der Waals surface area contributed by atoms with Gasteiger partial charge in [-0.3, -0.25) is 14.5 Å². The number of carbonyl (C=O) groups excluding carboxylic acids is 2. The van der Waals surface area contributed by atoms with E-state index in [1.54, 1.807) is 17.9 Å². The highest BCUT2D eigenvalue weighted by molar-refractivity contribution is 8.00. The van der Waals surface area contributed by atoms with E-state index in [0.29, 0.717) is 5.75 Å². The molecule has 22 heavy (non-hydrogen) atoms. The maximum Gasteiger partial charge on any atom is 0.277 e. The lowest BCUT2D eigenvalue weighted by atomic mass is 10.0. The van der Waals surface area contributed by atoms with E-state index in [2.05, 4.69) is 17.1 Å². The first-order valence-electron chi connectivity index (χ1n) is 6.79. The van der Waals surface area contributed by atoms with E-state index in [1.165, 1.54) is 11.8 Å². The molecule has 0 radical (unpaired) electrons. The standard InChI is InChI=1S/C14H17N3O4S/c1-4-8-6-22-14-11(13(20)17(14)7(8)3)15-12(19)10(16-21)9(18)5-2/h4,11,14,18H,1,5-6H2,2-3H3,(H,15,19)/b10-9+. The summed E-state index contributed by atoms with van der Waals surface area (Å²) in [5.74, 6) is -0.768. The Balaban J connectivity index is 2.13. The van der Waals surface area contributed by atoms with Crippen LogP contribution in [0.15, 0.2) is 40.6 Å². The summed E-state index contributed by atoms with van der Waals surface area (Å²) in [6.45, 7) is 7.14. The van der Waals surface area contributed by atoms with E-state index in [1.807, 2.05) is 6.92 Å². The third kappa shape index (κ3) is 2.54. The van der Waals surface area contributed by atoms with Crippen molar-refractivity contribution in [2.45, 2.75) is 31.7 Å². The molecular weight excluding hydrogens is 306 g/mol.